The Balaban J connectivity index is 2.83. The SMILES string of the molecule is C=Cc1cc(CCC)oc1CCC. The highest BCUT2D eigenvalue weighted by molar-refractivity contribution is 5.50. The van der Waals surface area contributed by atoms with E-state index in [1.54, 1.807) is 0 Å². The molecule has 0 aliphatic carbocycles. The second-order valence-electron chi connectivity index (χ2n) is 3.30. The first-order valence-corrected chi connectivity index (χ1v) is 5.05. The van der Waals surface area contributed by atoms with Gasteiger partial charge in [0.25, 0.3) is 0 Å². The second kappa shape index (κ2) is 4.90. The second-order valence-corrected chi connectivity index (χ2v) is 3.30. The van der Waals surface area contributed by atoms with Crippen LogP contribution in [0.1, 0.15) is 43.8 Å². The minimum absolute atomic E-state index is 1.02. The Kier molecular flexibility index (Phi) is 3.81. The van der Waals surface area contributed by atoms with Crippen LogP contribution in [-0.2, 0) is 12.8 Å². The van der Waals surface area contributed by atoms with Crippen LogP contribution in [-0.4, -0.2) is 0 Å². The number of rotatable bonds is 5. The van der Waals surface area contributed by atoms with Gasteiger partial charge in [-0.15, -0.1) is 0 Å². The molecule has 1 heterocycles. The third kappa shape index (κ3) is 2.48. The first-order chi connectivity index (χ1) is 6.31. The molecule has 0 atom stereocenters. The molecule has 0 aromatic carbocycles. The third-order valence-corrected chi connectivity index (χ3v) is 2.09. The molecule has 1 nitrogen and oxygen atoms in total. The summed E-state index contributed by atoms with van der Waals surface area (Å²) < 4.78 is 5.72. The van der Waals surface area contributed by atoms with E-state index in [0.29, 0.717) is 0 Å². The van der Waals surface area contributed by atoms with Crippen molar-refractivity contribution in [3.05, 3.63) is 29.7 Å². The average Bonchev–Trinajstić information content (AvgIpc) is 2.49. The van der Waals surface area contributed by atoms with E-state index in [1.165, 1.54) is 5.56 Å². The molecule has 1 rings (SSSR count). The molecule has 0 aliphatic heterocycles. The molecule has 0 spiro atoms. The van der Waals surface area contributed by atoms with Gasteiger partial charge in [-0.3, -0.25) is 0 Å². The van der Waals surface area contributed by atoms with Gasteiger partial charge in [-0.2, -0.15) is 0 Å². The van der Waals surface area contributed by atoms with Crippen molar-refractivity contribution in [1.82, 2.24) is 0 Å². The summed E-state index contributed by atoms with van der Waals surface area (Å²) in [6.45, 7) is 8.11. The van der Waals surface area contributed by atoms with E-state index in [-0.39, 0.29) is 0 Å². The summed E-state index contributed by atoms with van der Waals surface area (Å²) in [5.41, 5.74) is 1.17. The van der Waals surface area contributed by atoms with Crippen molar-refractivity contribution in [1.29, 1.82) is 0 Å². The maximum atomic E-state index is 5.72. The lowest BCUT2D eigenvalue weighted by atomic mass is 10.1. The fourth-order valence-corrected chi connectivity index (χ4v) is 1.47. The Morgan fingerprint density at radius 3 is 2.54 bits per heavy atom. The zero-order chi connectivity index (χ0) is 9.68. The predicted molar refractivity (Wildman–Crippen MR) is 56.8 cm³/mol. The lowest BCUT2D eigenvalue weighted by Gasteiger charge is -1.94. The van der Waals surface area contributed by atoms with E-state index in [2.05, 4.69) is 26.5 Å². The first-order valence-electron chi connectivity index (χ1n) is 5.05. The van der Waals surface area contributed by atoms with Gasteiger partial charge in [0.2, 0.25) is 0 Å². The van der Waals surface area contributed by atoms with Gasteiger partial charge < -0.3 is 4.42 Å². The molecular weight excluding hydrogens is 160 g/mol. The van der Waals surface area contributed by atoms with Gasteiger partial charge in [0.05, 0.1) is 0 Å². The maximum absolute atomic E-state index is 5.72. The van der Waals surface area contributed by atoms with Crippen molar-refractivity contribution >= 4 is 6.08 Å². The van der Waals surface area contributed by atoms with Crippen LogP contribution in [0.15, 0.2) is 17.1 Å². The summed E-state index contributed by atoms with van der Waals surface area (Å²) in [5, 5.41) is 0. The van der Waals surface area contributed by atoms with Crippen LogP contribution in [0, 0.1) is 0 Å². The summed E-state index contributed by atoms with van der Waals surface area (Å²) in [6.07, 6.45) is 6.19. The van der Waals surface area contributed by atoms with Crippen molar-refractivity contribution in [2.45, 2.75) is 39.5 Å². The van der Waals surface area contributed by atoms with Crippen LogP contribution in [0.25, 0.3) is 6.08 Å². The molecule has 0 bridgehead atoms. The normalized spacial score (nSPS) is 10.3. The molecule has 0 saturated carbocycles. The van der Waals surface area contributed by atoms with Gasteiger partial charge in [-0.1, -0.05) is 26.5 Å². The van der Waals surface area contributed by atoms with Gasteiger partial charge in [0.1, 0.15) is 11.5 Å². The van der Waals surface area contributed by atoms with Crippen molar-refractivity contribution < 1.29 is 4.42 Å². The molecule has 0 fully saturated rings. The maximum Gasteiger partial charge on any atom is 0.111 e. The highest BCUT2D eigenvalue weighted by Gasteiger charge is 2.06. The van der Waals surface area contributed by atoms with Crippen LogP contribution in [0.5, 0.6) is 0 Å². The molecule has 0 unspecified atom stereocenters. The molecule has 1 aromatic rings. The smallest absolute Gasteiger partial charge is 0.111 e. The Hall–Kier alpha value is -0.980. The van der Waals surface area contributed by atoms with E-state index < -0.39 is 0 Å². The Morgan fingerprint density at radius 2 is 2.00 bits per heavy atom. The summed E-state index contributed by atoms with van der Waals surface area (Å²) >= 11 is 0. The molecule has 1 heteroatoms. The molecule has 72 valence electrons. The summed E-state index contributed by atoms with van der Waals surface area (Å²) in [7, 11) is 0. The van der Waals surface area contributed by atoms with Gasteiger partial charge in [-0.25, -0.2) is 0 Å². The van der Waals surface area contributed by atoms with Crippen molar-refractivity contribution in [2.75, 3.05) is 0 Å². The van der Waals surface area contributed by atoms with Crippen LogP contribution in [0.3, 0.4) is 0 Å². The molecule has 0 radical (unpaired) electrons. The largest absolute Gasteiger partial charge is 0.465 e. The average molecular weight is 178 g/mol. The zero-order valence-corrected chi connectivity index (χ0v) is 8.60. The zero-order valence-electron chi connectivity index (χ0n) is 8.60. The lowest BCUT2D eigenvalue weighted by Crippen LogP contribution is -1.81. The number of hydrogen-bond acceptors (Lipinski definition) is 1. The quantitative estimate of drug-likeness (QED) is 0.668. The Bertz CT molecular complexity index is 271. The standard InChI is InChI=1S/C12H18O/c1-4-7-11-9-10(6-3)12(13-11)8-5-2/h6,9H,3-5,7-8H2,1-2H3. The molecule has 0 saturated heterocycles. The fraction of sp³-hybridized carbons (Fsp3) is 0.500. The van der Waals surface area contributed by atoms with Crippen molar-refractivity contribution in [3.63, 3.8) is 0 Å². The van der Waals surface area contributed by atoms with Crippen molar-refractivity contribution in [3.8, 4) is 0 Å². The van der Waals surface area contributed by atoms with Gasteiger partial charge in [0.15, 0.2) is 0 Å². The highest BCUT2D eigenvalue weighted by Crippen LogP contribution is 2.19. The molecule has 0 N–H and O–H groups in total. The highest BCUT2D eigenvalue weighted by atomic mass is 16.3. The van der Waals surface area contributed by atoms with E-state index in [0.717, 1.165) is 37.2 Å². The van der Waals surface area contributed by atoms with E-state index in [4.69, 9.17) is 4.42 Å². The molecular formula is C12H18O. The molecule has 0 amide bonds. The van der Waals surface area contributed by atoms with Crippen LogP contribution in [0.4, 0.5) is 0 Å². The van der Waals surface area contributed by atoms with E-state index >= 15 is 0 Å². The third-order valence-electron chi connectivity index (χ3n) is 2.09. The predicted octanol–water partition coefficient (Wildman–Crippen LogP) is 3.83. The first kappa shape index (κ1) is 10.1. The minimum Gasteiger partial charge on any atom is -0.465 e. The molecule has 1 aromatic heterocycles. The van der Waals surface area contributed by atoms with Crippen LogP contribution in [0.2, 0.25) is 0 Å². The van der Waals surface area contributed by atoms with Crippen LogP contribution >= 0.6 is 0 Å². The number of aryl methyl sites for hydroxylation is 2. The molecule has 13 heavy (non-hydrogen) atoms. The van der Waals surface area contributed by atoms with Gasteiger partial charge >= 0.3 is 0 Å². The number of hydrogen-bond donors (Lipinski definition) is 0. The van der Waals surface area contributed by atoms with E-state index in [9.17, 15) is 0 Å². The summed E-state index contributed by atoms with van der Waals surface area (Å²) in [6, 6.07) is 2.11. The molecule has 0 aliphatic rings. The Labute approximate surface area is 80.5 Å². The summed E-state index contributed by atoms with van der Waals surface area (Å²) in [4.78, 5) is 0. The topological polar surface area (TPSA) is 13.1 Å². The number of furan rings is 1. The van der Waals surface area contributed by atoms with Gasteiger partial charge in [0, 0.05) is 18.4 Å². The fourth-order valence-electron chi connectivity index (χ4n) is 1.47. The monoisotopic (exact) mass is 178 g/mol. The Morgan fingerprint density at radius 1 is 1.31 bits per heavy atom. The lowest BCUT2D eigenvalue weighted by molar-refractivity contribution is 0.460. The minimum atomic E-state index is 1.02. The summed E-state index contributed by atoms with van der Waals surface area (Å²) in [5.74, 6) is 2.20. The van der Waals surface area contributed by atoms with Gasteiger partial charge in [-0.05, 0) is 18.9 Å². The van der Waals surface area contributed by atoms with Crippen molar-refractivity contribution in [2.24, 2.45) is 0 Å². The van der Waals surface area contributed by atoms with E-state index in [1.807, 2.05) is 6.08 Å². The van der Waals surface area contributed by atoms with Crippen LogP contribution < -0.4 is 0 Å².